The molecule has 4 heterocycles. The molecule has 0 aliphatic heterocycles. The molecule has 1 aromatic carbocycles. The minimum Gasteiger partial charge on any atom is -0.480 e. The molecule has 156 valence electrons. The van der Waals surface area contributed by atoms with Crippen molar-refractivity contribution in [3.63, 3.8) is 0 Å². The number of methoxy groups -OCH3 is 1. The molecular formula is C24H23N5O2. The van der Waals surface area contributed by atoms with Gasteiger partial charge in [0.1, 0.15) is 17.1 Å². The fraction of sp³-hybridized carbons (Fsp3) is 0.208. The van der Waals surface area contributed by atoms with Gasteiger partial charge in [-0.2, -0.15) is 0 Å². The number of hydrogen-bond acceptors (Lipinski definition) is 6. The number of aromatic nitrogens is 4. The molecule has 7 heteroatoms. The topological polar surface area (TPSA) is 68.7 Å². The Morgan fingerprint density at radius 2 is 1.94 bits per heavy atom. The normalized spacial score (nSPS) is 12.4. The number of hydrogen-bond donors (Lipinski definition) is 0. The second-order valence-electron chi connectivity index (χ2n) is 7.64. The Labute approximate surface area is 179 Å². The van der Waals surface area contributed by atoms with E-state index < -0.39 is 0 Å². The highest BCUT2D eigenvalue weighted by atomic mass is 16.5. The van der Waals surface area contributed by atoms with Crippen molar-refractivity contribution in [1.29, 1.82) is 0 Å². The van der Waals surface area contributed by atoms with Gasteiger partial charge in [0.15, 0.2) is 11.4 Å². The van der Waals surface area contributed by atoms with Crippen LogP contribution in [0.2, 0.25) is 0 Å². The molecule has 0 aliphatic carbocycles. The number of furan rings is 1. The zero-order chi connectivity index (χ0) is 21.4. The monoisotopic (exact) mass is 413 g/mol. The van der Waals surface area contributed by atoms with Crippen molar-refractivity contribution in [3.05, 3.63) is 72.6 Å². The van der Waals surface area contributed by atoms with Crippen LogP contribution in [0.1, 0.15) is 18.4 Å². The van der Waals surface area contributed by atoms with Gasteiger partial charge >= 0.3 is 0 Å². The van der Waals surface area contributed by atoms with Crippen molar-refractivity contribution >= 4 is 22.4 Å². The van der Waals surface area contributed by atoms with Gasteiger partial charge in [-0.1, -0.05) is 37.3 Å². The van der Waals surface area contributed by atoms with Crippen LogP contribution in [-0.4, -0.2) is 40.3 Å². The second kappa shape index (κ2) is 7.75. The number of likely N-dealkylation sites (N-methyl/N-ethyl adjacent to an activating group) is 1. The number of pyridine rings is 1. The van der Waals surface area contributed by atoms with E-state index in [1.807, 2.05) is 34.8 Å². The Morgan fingerprint density at radius 3 is 2.74 bits per heavy atom. The molecule has 5 rings (SSSR count). The predicted molar refractivity (Wildman–Crippen MR) is 121 cm³/mol. The lowest BCUT2D eigenvalue weighted by Gasteiger charge is -2.22. The minimum absolute atomic E-state index is 0.376. The minimum atomic E-state index is 0.376. The van der Waals surface area contributed by atoms with E-state index in [1.54, 1.807) is 19.5 Å². The van der Waals surface area contributed by atoms with E-state index >= 15 is 0 Å². The first-order valence-electron chi connectivity index (χ1n) is 10.2. The van der Waals surface area contributed by atoms with E-state index in [0.717, 1.165) is 29.1 Å². The zero-order valence-electron chi connectivity index (χ0n) is 17.7. The van der Waals surface area contributed by atoms with Crippen LogP contribution in [-0.2, 0) is 0 Å². The molecule has 0 bridgehead atoms. The van der Waals surface area contributed by atoms with Gasteiger partial charge in [-0.05, 0) is 29.7 Å². The average Bonchev–Trinajstić information content (AvgIpc) is 3.42. The molecule has 0 radical (unpaired) electrons. The maximum absolute atomic E-state index is 6.05. The van der Waals surface area contributed by atoms with Crippen molar-refractivity contribution in [1.82, 2.24) is 19.6 Å². The molecule has 1 atom stereocenters. The first-order valence-corrected chi connectivity index (χ1v) is 10.2. The van der Waals surface area contributed by atoms with Crippen molar-refractivity contribution in [2.24, 2.45) is 0 Å². The summed E-state index contributed by atoms with van der Waals surface area (Å²) in [6.07, 6.45) is 3.44. The van der Waals surface area contributed by atoms with E-state index in [4.69, 9.17) is 14.3 Å². The van der Waals surface area contributed by atoms with Crippen LogP contribution in [0.4, 0.5) is 5.82 Å². The lowest BCUT2D eigenvalue weighted by molar-refractivity contribution is 0.403. The summed E-state index contributed by atoms with van der Waals surface area (Å²) in [4.78, 5) is 10.9. The number of ether oxygens (including phenoxy) is 1. The molecule has 5 aromatic rings. The summed E-state index contributed by atoms with van der Waals surface area (Å²) in [7, 11) is 3.66. The summed E-state index contributed by atoms with van der Waals surface area (Å²) < 4.78 is 13.2. The smallest absolute Gasteiger partial charge is 0.224 e. The van der Waals surface area contributed by atoms with Gasteiger partial charge in [-0.25, -0.2) is 14.5 Å². The highest BCUT2D eigenvalue weighted by Gasteiger charge is 2.17. The second-order valence-corrected chi connectivity index (χ2v) is 7.64. The first-order chi connectivity index (χ1) is 15.1. The molecule has 1 unspecified atom stereocenters. The van der Waals surface area contributed by atoms with Gasteiger partial charge in [0.05, 0.1) is 18.7 Å². The first kappa shape index (κ1) is 19.1. The molecule has 0 fully saturated rings. The third-order valence-electron chi connectivity index (χ3n) is 5.51. The molecule has 7 nitrogen and oxygen atoms in total. The van der Waals surface area contributed by atoms with E-state index in [9.17, 15) is 0 Å². The predicted octanol–water partition coefficient (Wildman–Crippen LogP) is 4.79. The molecule has 0 spiro atoms. The lowest BCUT2D eigenvalue weighted by Crippen LogP contribution is -2.24. The quantitative estimate of drug-likeness (QED) is 0.399. The molecule has 4 aromatic heterocycles. The molecule has 31 heavy (non-hydrogen) atoms. The third-order valence-corrected chi connectivity index (χ3v) is 5.51. The number of imidazole rings is 1. The number of fused-ring (bicyclic) bond motifs is 2. The third kappa shape index (κ3) is 3.48. The lowest BCUT2D eigenvalue weighted by atomic mass is 10.0. The fourth-order valence-electron chi connectivity index (χ4n) is 3.85. The van der Waals surface area contributed by atoms with Gasteiger partial charge in [0.2, 0.25) is 5.88 Å². The van der Waals surface area contributed by atoms with Gasteiger partial charge in [-0.3, -0.25) is 0 Å². The van der Waals surface area contributed by atoms with E-state index in [0.29, 0.717) is 23.1 Å². The summed E-state index contributed by atoms with van der Waals surface area (Å²) in [6.45, 7) is 3.07. The Bertz CT molecular complexity index is 1340. The Balaban J connectivity index is 1.49. The van der Waals surface area contributed by atoms with Crippen LogP contribution in [0.3, 0.4) is 0 Å². The Morgan fingerprint density at radius 1 is 1.10 bits per heavy atom. The van der Waals surface area contributed by atoms with Crippen molar-refractivity contribution < 1.29 is 9.15 Å². The van der Waals surface area contributed by atoms with Gasteiger partial charge in [0, 0.05) is 25.9 Å². The Kier molecular flexibility index (Phi) is 4.78. The van der Waals surface area contributed by atoms with Crippen LogP contribution >= 0.6 is 0 Å². The van der Waals surface area contributed by atoms with Crippen LogP contribution in [0.25, 0.3) is 28.1 Å². The van der Waals surface area contributed by atoms with Crippen molar-refractivity contribution in [2.45, 2.75) is 12.8 Å². The summed E-state index contributed by atoms with van der Waals surface area (Å²) >= 11 is 0. The largest absolute Gasteiger partial charge is 0.480 e. The average molecular weight is 413 g/mol. The van der Waals surface area contributed by atoms with Crippen molar-refractivity contribution in [3.8, 4) is 17.3 Å². The molecule has 0 aliphatic rings. The number of benzene rings is 1. The van der Waals surface area contributed by atoms with E-state index in [-0.39, 0.29) is 0 Å². The molecule has 0 N–H and O–H groups in total. The Hall–Kier alpha value is -3.87. The zero-order valence-corrected chi connectivity index (χ0v) is 17.7. The summed E-state index contributed by atoms with van der Waals surface area (Å²) in [5, 5.41) is 5.66. The molecular weight excluding hydrogens is 390 g/mol. The van der Waals surface area contributed by atoms with Gasteiger partial charge in [-0.15, -0.1) is 5.10 Å². The highest BCUT2D eigenvalue weighted by Crippen LogP contribution is 2.32. The van der Waals surface area contributed by atoms with Gasteiger partial charge in [0.25, 0.3) is 0 Å². The van der Waals surface area contributed by atoms with Crippen LogP contribution in [0.5, 0.6) is 5.88 Å². The van der Waals surface area contributed by atoms with Crippen LogP contribution in [0, 0.1) is 0 Å². The summed E-state index contributed by atoms with van der Waals surface area (Å²) in [5.74, 6) is 2.44. The summed E-state index contributed by atoms with van der Waals surface area (Å²) in [5.41, 5.74) is 3.55. The molecule has 0 amide bonds. The maximum atomic E-state index is 6.05. The van der Waals surface area contributed by atoms with Gasteiger partial charge < -0.3 is 14.1 Å². The van der Waals surface area contributed by atoms with Crippen LogP contribution < -0.4 is 9.64 Å². The maximum Gasteiger partial charge on any atom is 0.224 e. The number of rotatable bonds is 6. The molecule has 0 saturated carbocycles. The van der Waals surface area contributed by atoms with Crippen molar-refractivity contribution in [2.75, 3.05) is 25.6 Å². The fourth-order valence-corrected chi connectivity index (χ4v) is 3.85. The van der Waals surface area contributed by atoms with E-state index in [2.05, 4.69) is 53.1 Å². The standard InChI is InChI=1S/C24H23N5O2/c1-16(17-7-5-4-6-8-17)15-28(2)23-10-9-22-26-14-19(29(22)27-23)21-13-18-20(31-21)11-12-25-24(18)30-3/h4-14,16H,15H2,1-3H3. The van der Waals surface area contributed by atoms with Crippen LogP contribution in [0.15, 0.2) is 71.4 Å². The number of nitrogens with zero attached hydrogens (tertiary/aromatic N) is 5. The highest BCUT2D eigenvalue weighted by molar-refractivity contribution is 5.86. The van der Waals surface area contributed by atoms with E-state index in [1.165, 1.54) is 5.56 Å². The SMILES string of the molecule is COc1nccc2oc(-c3cnc4ccc(N(C)CC(C)c5ccccc5)nn34)cc12. The number of anilines is 1. The molecule has 0 saturated heterocycles. The summed E-state index contributed by atoms with van der Waals surface area (Å²) in [6, 6.07) is 18.2.